The molecule has 0 aliphatic rings. The molecule has 8 nitrogen and oxygen atoms in total. The number of aromatic nitrogens is 2. The zero-order valence-electron chi connectivity index (χ0n) is 21.2. The van der Waals surface area contributed by atoms with Gasteiger partial charge in [-0.05, 0) is 58.5 Å². The molecule has 2 heterocycles. The van der Waals surface area contributed by atoms with Gasteiger partial charge in [0.1, 0.15) is 18.0 Å². The minimum absolute atomic E-state index is 0.0682. The van der Waals surface area contributed by atoms with E-state index in [1.54, 1.807) is 53.9 Å². The first kappa shape index (κ1) is 28.1. The van der Waals surface area contributed by atoms with Crippen LogP contribution in [0.3, 0.4) is 0 Å². The van der Waals surface area contributed by atoms with Crippen molar-refractivity contribution >= 4 is 26.9 Å². The summed E-state index contributed by atoms with van der Waals surface area (Å²) in [6.45, 7) is -0.0682. The van der Waals surface area contributed by atoms with Gasteiger partial charge in [-0.15, -0.1) is 11.3 Å². The van der Waals surface area contributed by atoms with Crippen molar-refractivity contribution in [1.82, 2.24) is 9.78 Å². The van der Waals surface area contributed by atoms with Crippen LogP contribution in [-0.4, -0.2) is 29.4 Å². The maximum atomic E-state index is 13.8. The van der Waals surface area contributed by atoms with Crippen LogP contribution in [0.2, 0.25) is 0 Å². The summed E-state index contributed by atoms with van der Waals surface area (Å²) in [4.78, 5) is 11.2. The molecule has 0 amide bonds. The van der Waals surface area contributed by atoms with Crippen molar-refractivity contribution in [3.05, 3.63) is 112 Å². The predicted octanol–water partition coefficient (Wildman–Crippen LogP) is 7.18. The van der Waals surface area contributed by atoms with Gasteiger partial charge < -0.3 is 4.74 Å². The van der Waals surface area contributed by atoms with E-state index in [1.165, 1.54) is 41.7 Å². The van der Waals surface area contributed by atoms with Crippen LogP contribution in [0.5, 0.6) is 5.75 Å². The van der Waals surface area contributed by atoms with E-state index in [1.807, 2.05) is 0 Å². The van der Waals surface area contributed by atoms with Crippen molar-refractivity contribution in [2.75, 3.05) is 6.26 Å². The highest BCUT2D eigenvalue weighted by Gasteiger charge is 2.36. The van der Waals surface area contributed by atoms with Crippen molar-refractivity contribution in [2.45, 2.75) is 17.7 Å². The maximum Gasteiger partial charge on any atom is 0.435 e. The van der Waals surface area contributed by atoms with Crippen molar-refractivity contribution < 1.29 is 31.2 Å². The first-order valence-corrected chi connectivity index (χ1v) is 14.7. The lowest BCUT2D eigenvalue weighted by atomic mass is 10.1. The number of halogens is 3. The van der Waals surface area contributed by atoms with Crippen molar-refractivity contribution in [2.24, 2.45) is 0 Å². The largest absolute Gasteiger partial charge is 0.487 e. The number of nitro benzene ring substituents is 1. The molecule has 13 heteroatoms. The number of hydrogen-bond acceptors (Lipinski definition) is 7. The van der Waals surface area contributed by atoms with Gasteiger partial charge in [-0.3, -0.25) is 10.1 Å². The molecule has 0 saturated heterocycles. The molecule has 0 bridgehead atoms. The summed E-state index contributed by atoms with van der Waals surface area (Å²) in [5.41, 5.74) is 0.904. The molecule has 5 rings (SSSR count). The number of benzene rings is 3. The Morgan fingerprint density at radius 3 is 2.46 bits per heavy atom. The highest BCUT2D eigenvalue weighted by molar-refractivity contribution is 7.90. The highest BCUT2D eigenvalue weighted by atomic mass is 32.2. The number of alkyl halides is 3. The summed E-state index contributed by atoms with van der Waals surface area (Å²) >= 11 is 1.18. The number of rotatable bonds is 8. The number of hydrogen-bond donors (Lipinski definition) is 0. The van der Waals surface area contributed by atoms with Gasteiger partial charge in [-0.1, -0.05) is 36.4 Å². The van der Waals surface area contributed by atoms with Gasteiger partial charge >= 0.3 is 6.18 Å². The number of nitro groups is 1. The topological polar surface area (TPSA) is 104 Å². The molecule has 41 heavy (non-hydrogen) atoms. The Balaban J connectivity index is 1.54. The molecule has 5 aromatic rings. The Kier molecular flexibility index (Phi) is 7.41. The first-order valence-electron chi connectivity index (χ1n) is 11.9. The average molecular weight is 600 g/mol. The molecule has 0 spiro atoms. The summed E-state index contributed by atoms with van der Waals surface area (Å²) in [5, 5.41) is 16.7. The Morgan fingerprint density at radius 2 is 1.73 bits per heavy atom. The van der Waals surface area contributed by atoms with E-state index < -0.39 is 26.6 Å². The fraction of sp³-hybridized carbons (Fsp3) is 0.107. The van der Waals surface area contributed by atoms with Gasteiger partial charge in [0.15, 0.2) is 15.5 Å². The van der Waals surface area contributed by atoms with Gasteiger partial charge in [0.2, 0.25) is 0 Å². The second-order valence-corrected chi connectivity index (χ2v) is 11.9. The number of para-hydroxylation sites is 2. The Hall–Kier alpha value is -4.49. The van der Waals surface area contributed by atoms with Gasteiger partial charge in [0.05, 0.1) is 20.4 Å². The molecule has 0 aliphatic carbocycles. The summed E-state index contributed by atoms with van der Waals surface area (Å²) in [6, 6.07) is 21.2. The van der Waals surface area contributed by atoms with E-state index in [0.29, 0.717) is 21.6 Å². The van der Waals surface area contributed by atoms with Crippen LogP contribution < -0.4 is 4.74 Å². The number of ether oxygens (including phenoxy) is 1. The van der Waals surface area contributed by atoms with Gasteiger partial charge in [-0.2, -0.15) is 18.3 Å². The van der Waals surface area contributed by atoms with Crippen molar-refractivity contribution in [3.63, 3.8) is 0 Å². The van der Waals surface area contributed by atoms with E-state index in [2.05, 4.69) is 5.10 Å². The molecule has 0 atom stereocenters. The minimum atomic E-state index is -4.72. The highest BCUT2D eigenvalue weighted by Crippen LogP contribution is 2.39. The van der Waals surface area contributed by atoms with E-state index in [0.717, 1.165) is 17.0 Å². The predicted molar refractivity (Wildman–Crippen MR) is 148 cm³/mol. The lowest BCUT2D eigenvalue weighted by Crippen LogP contribution is -2.08. The fourth-order valence-corrected chi connectivity index (χ4v) is 5.67. The van der Waals surface area contributed by atoms with Crippen LogP contribution in [-0.2, 0) is 22.6 Å². The average Bonchev–Trinajstić information content (AvgIpc) is 3.60. The summed E-state index contributed by atoms with van der Waals surface area (Å²) in [7, 11) is -3.45. The van der Waals surface area contributed by atoms with E-state index in [-0.39, 0.29) is 34.3 Å². The Morgan fingerprint density at radius 1 is 0.976 bits per heavy atom. The molecule has 0 aliphatic heterocycles. The SMILES string of the molecule is CS(=O)(=O)c1cccc(-c2csc(-c3cc(C(F)(F)F)nn3-c3ccccc3OCc3cccc([N+](=O)[O-])c3)c2)c1. The maximum absolute atomic E-state index is 13.8. The number of thiophene rings is 1. The smallest absolute Gasteiger partial charge is 0.435 e. The van der Waals surface area contributed by atoms with Crippen LogP contribution in [0.4, 0.5) is 18.9 Å². The summed E-state index contributed by atoms with van der Waals surface area (Å²) in [5.74, 6) is 0.217. The number of sulfone groups is 1. The van der Waals surface area contributed by atoms with Crippen LogP contribution in [0.25, 0.3) is 27.4 Å². The van der Waals surface area contributed by atoms with Gasteiger partial charge in [0, 0.05) is 18.4 Å². The molecular formula is C28H20F3N3O5S2. The van der Waals surface area contributed by atoms with Crippen LogP contribution in [0, 0.1) is 10.1 Å². The summed E-state index contributed by atoms with van der Waals surface area (Å²) in [6.07, 6.45) is -3.62. The van der Waals surface area contributed by atoms with Gasteiger partial charge in [-0.25, -0.2) is 13.1 Å². The molecule has 2 aromatic heterocycles. The Labute approximate surface area is 236 Å². The second kappa shape index (κ2) is 10.8. The molecular weight excluding hydrogens is 579 g/mol. The molecule has 0 radical (unpaired) electrons. The third-order valence-electron chi connectivity index (χ3n) is 6.06. The molecule has 0 fully saturated rings. The zero-order valence-corrected chi connectivity index (χ0v) is 22.8. The van der Waals surface area contributed by atoms with Crippen molar-refractivity contribution in [3.8, 4) is 33.1 Å². The second-order valence-electron chi connectivity index (χ2n) is 9.01. The quantitative estimate of drug-likeness (QED) is 0.138. The number of nitrogens with zero attached hydrogens (tertiary/aromatic N) is 3. The van der Waals surface area contributed by atoms with Crippen LogP contribution >= 0.6 is 11.3 Å². The van der Waals surface area contributed by atoms with Crippen LogP contribution in [0.15, 0.2) is 95.2 Å². The lowest BCUT2D eigenvalue weighted by molar-refractivity contribution is -0.384. The van der Waals surface area contributed by atoms with E-state index in [4.69, 9.17) is 4.74 Å². The third-order valence-corrected chi connectivity index (χ3v) is 8.12. The molecule has 0 N–H and O–H groups in total. The molecule has 3 aromatic carbocycles. The van der Waals surface area contributed by atoms with Crippen LogP contribution in [0.1, 0.15) is 11.3 Å². The first-order chi connectivity index (χ1) is 19.4. The zero-order chi connectivity index (χ0) is 29.4. The minimum Gasteiger partial charge on any atom is -0.487 e. The monoisotopic (exact) mass is 599 g/mol. The lowest BCUT2D eigenvalue weighted by Gasteiger charge is -2.13. The number of non-ortho nitro benzene ring substituents is 1. The van der Waals surface area contributed by atoms with E-state index >= 15 is 0 Å². The Bertz CT molecular complexity index is 1860. The molecule has 0 unspecified atom stereocenters. The summed E-state index contributed by atoms with van der Waals surface area (Å²) < 4.78 is 72.4. The third kappa shape index (κ3) is 6.15. The standard InChI is InChI=1S/C28H20F3N3O5S2/c1-41(37,38)22-9-5-7-19(13-22)20-14-26(40-17-20)24-15-27(28(29,30)31)32-33(24)23-10-2-3-11-25(23)39-16-18-6-4-8-21(12-18)34(35)36/h2-15,17H,16H2,1H3. The molecule has 210 valence electrons. The normalized spacial score (nSPS) is 11.9. The molecule has 0 saturated carbocycles. The van der Waals surface area contributed by atoms with Gasteiger partial charge in [0.25, 0.3) is 5.69 Å². The van der Waals surface area contributed by atoms with Crippen molar-refractivity contribution in [1.29, 1.82) is 0 Å². The van der Waals surface area contributed by atoms with E-state index in [9.17, 15) is 31.7 Å². The fourth-order valence-electron chi connectivity index (χ4n) is 4.08.